The Balaban J connectivity index is 2.33. The van der Waals surface area contributed by atoms with E-state index in [2.05, 4.69) is 0 Å². The first kappa shape index (κ1) is 9.60. The maximum atomic E-state index is 8.42. The number of fused-ring (bicyclic) bond motifs is 1. The molecule has 3 heteroatoms. The molecule has 0 saturated carbocycles. The SMILES string of the molecule is Cc1oc2ccccc2c1OCCC#N. The highest BCUT2D eigenvalue weighted by atomic mass is 16.5. The van der Waals surface area contributed by atoms with Crippen LogP contribution in [0.15, 0.2) is 28.7 Å². The second-order valence-corrected chi connectivity index (χ2v) is 3.24. The zero-order valence-electron chi connectivity index (χ0n) is 8.49. The molecule has 0 N–H and O–H groups in total. The molecular formula is C12H11NO2. The van der Waals surface area contributed by atoms with Gasteiger partial charge in [0.2, 0.25) is 0 Å². The third-order valence-corrected chi connectivity index (χ3v) is 2.17. The van der Waals surface area contributed by atoms with Crippen molar-refractivity contribution in [2.45, 2.75) is 13.3 Å². The highest BCUT2D eigenvalue weighted by Gasteiger charge is 2.10. The molecule has 2 rings (SSSR count). The van der Waals surface area contributed by atoms with E-state index in [0.29, 0.717) is 13.0 Å². The molecule has 0 aliphatic heterocycles. The second-order valence-electron chi connectivity index (χ2n) is 3.24. The second kappa shape index (κ2) is 4.05. The summed E-state index contributed by atoms with van der Waals surface area (Å²) in [4.78, 5) is 0. The number of furan rings is 1. The van der Waals surface area contributed by atoms with E-state index >= 15 is 0 Å². The molecule has 0 aliphatic rings. The van der Waals surface area contributed by atoms with Gasteiger partial charge in [-0.2, -0.15) is 5.26 Å². The summed E-state index contributed by atoms with van der Waals surface area (Å²) < 4.78 is 11.0. The van der Waals surface area contributed by atoms with Crippen LogP contribution in [-0.2, 0) is 0 Å². The number of para-hydroxylation sites is 1. The summed E-state index contributed by atoms with van der Waals surface area (Å²) in [5.41, 5.74) is 0.821. The minimum Gasteiger partial charge on any atom is -0.488 e. The molecule has 0 radical (unpaired) electrons. The van der Waals surface area contributed by atoms with Crippen LogP contribution in [0.25, 0.3) is 11.0 Å². The fourth-order valence-corrected chi connectivity index (χ4v) is 1.52. The molecule has 1 aromatic heterocycles. The zero-order chi connectivity index (χ0) is 10.7. The van der Waals surface area contributed by atoms with E-state index in [4.69, 9.17) is 14.4 Å². The quantitative estimate of drug-likeness (QED) is 0.717. The number of benzene rings is 1. The largest absolute Gasteiger partial charge is 0.488 e. The fraction of sp³-hybridized carbons (Fsp3) is 0.250. The van der Waals surface area contributed by atoms with Crippen LogP contribution in [0.5, 0.6) is 5.75 Å². The molecule has 0 fully saturated rings. The smallest absolute Gasteiger partial charge is 0.168 e. The topological polar surface area (TPSA) is 46.2 Å². The molecule has 0 amide bonds. The van der Waals surface area contributed by atoms with Gasteiger partial charge in [-0.1, -0.05) is 12.1 Å². The molecule has 0 unspecified atom stereocenters. The first-order valence-corrected chi connectivity index (χ1v) is 4.81. The van der Waals surface area contributed by atoms with E-state index in [1.54, 1.807) is 0 Å². The minimum absolute atomic E-state index is 0.388. The predicted octanol–water partition coefficient (Wildman–Crippen LogP) is 3.03. The average molecular weight is 201 g/mol. The lowest BCUT2D eigenvalue weighted by molar-refractivity contribution is 0.321. The molecule has 0 atom stereocenters. The predicted molar refractivity (Wildman–Crippen MR) is 56.7 cm³/mol. The molecule has 1 aromatic carbocycles. The first-order chi connectivity index (χ1) is 7.33. The fourth-order valence-electron chi connectivity index (χ4n) is 1.52. The van der Waals surface area contributed by atoms with Gasteiger partial charge >= 0.3 is 0 Å². The van der Waals surface area contributed by atoms with E-state index in [9.17, 15) is 0 Å². The molecule has 0 aliphatic carbocycles. The Morgan fingerprint density at radius 2 is 2.20 bits per heavy atom. The van der Waals surface area contributed by atoms with Gasteiger partial charge in [0.25, 0.3) is 0 Å². The maximum Gasteiger partial charge on any atom is 0.168 e. The third kappa shape index (κ3) is 1.79. The highest BCUT2D eigenvalue weighted by molar-refractivity contribution is 5.85. The van der Waals surface area contributed by atoms with Gasteiger partial charge in [-0.15, -0.1) is 0 Å². The van der Waals surface area contributed by atoms with Gasteiger partial charge in [0, 0.05) is 0 Å². The monoisotopic (exact) mass is 201 g/mol. The number of hydrogen-bond acceptors (Lipinski definition) is 3. The van der Waals surface area contributed by atoms with Crippen LogP contribution >= 0.6 is 0 Å². The first-order valence-electron chi connectivity index (χ1n) is 4.81. The van der Waals surface area contributed by atoms with E-state index in [1.165, 1.54) is 0 Å². The Morgan fingerprint density at radius 3 is 3.00 bits per heavy atom. The van der Waals surface area contributed by atoms with Gasteiger partial charge in [0.1, 0.15) is 18.0 Å². The van der Waals surface area contributed by atoms with Gasteiger partial charge in [-0.25, -0.2) is 0 Å². The van der Waals surface area contributed by atoms with Gasteiger partial charge in [-0.3, -0.25) is 0 Å². The van der Waals surface area contributed by atoms with Crippen molar-refractivity contribution in [3.63, 3.8) is 0 Å². The summed E-state index contributed by atoms with van der Waals surface area (Å²) >= 11 is 0. The summed E-state index contributed by atoms with van der Waals surface area (Å²) in [5, 5.41) is 9.39. The van der Waals surface area contributed by atoms with Crippen molar-refractivity contribution < 1.29 is 9.15 Å². The van der Waals surface area contributed by atoms with Crippen molar-refractivity contribution in [2.75, 3.05) is 6.61 Å². The summed E-state index contributed by atoms with van der Waals surface area (Å²) in [6, 6.07) is 9.76. The van der Waals surface area contributed by atoms with Gasteiger partial charge in [0.15, 0.2) is 5.75 Å². The van der Waals surface area contributed by atoms with Crippen molar-refractivity contribution in [1.82, 2.24) is 0 Å². The van der Waals surface area contributed by atoms with Crippen LogP contribution in [0.4, 0.5) is 0 Å². The Labute approximate surface area is 87.9 Å². The van der Waals surface area contributed by atoms with Crippen LogP contribution < -0.4 is 4.74 Å². The number of aryl methyl sites for hydroxylation is 1. The molecule has 15 heavy (non-hydrogen) atoms. The maximum absolute atomic E-state index is 8.42. The van der Waals surface area contributed by atoms with E-state index < -0.39 is 0 Å². The Hall–Kier alpha value is -1.95. The van der Waals surface area contributed by atoms with E-state index in [-0.39, 0.29) is 0 Å². The van der Waals surface area contributed by atoms with Crippen LogP contribution in [0.3, 0.4) is 0 Å². The Morgan fingerprint density at radius 1 is 1.40 bits per heavy atom. The molecule has 2 aromatic rings. The lowest BCUT2D eigenvalue weighted by Gasteiger charge is -2.01. The average Bonchev–Trinajstić information content (AvgIpc) is 2.56. The standard InChI is InChI=1S/C12H11NO2/c1-9-12(14-8-4-7-13)10-5-2-3-6-11(10)15-9/h2-3,5-6H,4,8H2,1H3. The van der Waals surface area contributed by atoms with E-state index in [0.717, 1.165) is 22.5 Å². The van der Waals surface area contributed by atoms with Crippen molar-refractivity contribution in [1.29, 1.82) is 5.26 Å². The number of nitriles is 1. The van der Waals surface area contributed by atoms with Gasteiger partial charge in [-0.05, 0) is 19.1 Å². The summed E-state index contributed by atoms with van der Waals surface area (Å²) in [7, 11) is 0. The van der Waals surface area contributed by atoms with Crippen molar-refractivity contribution >= 4 is 11.0 Å². The van der Waals surface area contributed by atoms with Crippen LogP contribution in [0.1, 0.15) is 12.2 Å². The molecule has 0 spiro atoms. The van der Waals surface area contributed by atoms with Crippen LogP contribution in [0.2, 0.25) is 0 Å². The van der Waals surface area contributed by atoms with Crippen molar-refractivity contribution in [3.8, 4) is 11.8 Å². The normalized spacial score (nSPS) is 10.1. The Bertz CT molecular complexity index is 508. The molecule has 1 heterocycles. The highest BCUT2D eigenvalue weighted by Crippen LogP contribution is 2.32. The lowest BCUT2D eigenvalue weighted by Crippen LogP contribution is -1.95. The van der Waals surface area contributed by atoms with Crippen LogP contribution in [-0.4, -0.2) is 6.61 Å². The Kier molecular flexibility index (Phi) is 2.59. The van der Waals surface area contributed by atoms with Gasteiger partial charge in [0.05, 0.1) is 17.9 Å². The van der Waals surface area contributed by atoms with E-state index in [1.807, 2.05) is 37.3 Å². The summed E-state index contributed by atoms with van der Waals surface area (Å²) in [6.45, 7) is 2.27. The van der Waals surface area contributed by atoms with Gasteiger partial charge < -0.3 is 9.15 Å². The molecule has 0 saturated heterocycles. The minimum atomic E-state index is 0.388. The number of rotatable bonds is 3. The molecule has 3 nitrogen and oxygen atoms in total. The zero-order valence-corrected chi connectivity index (χ0v) is 8.49. The lowest BCUT2D eigenvalue weighted by atomic mass is 10.2. The number of ether oxygens (including phenoxy) is 1. The summed E-state index contributed by atoms with van der Waals surface area (Å²) in [5.74, 6) is 1.51. The number of hydrogen-bond donors (Lipinski definition) is 0. The van der Waals surface area contributed by atoms with Crippen molar-refractivity contribution in [2.24, 2.45) is 0 Å². The van der Waals surface area contributed by atoms with Crippen LogP contribution in [0, 0.1) is 18.3 Å². The molecule has 76 valence electrons. The summed E-state index contributed by atoms with van der Waals surface area (Å²) in [6.07, 6.45) is 0.388. The molecular weight excluding hydrogens is 190 g/mol. The molecule has 0 bridgehead atoms. The third-order valence-electron chi connectivity index (χ3n) is 2.17. The number of nitrogens with zero attached hydrogens (tertiary/aromatic N) is 1. The van der Waals surface area contributed by atoms with Crippen molar-refractivity contribution in [3.05, 3.63) is 30.0 Å².